The van der Waals surface area contributed by atoms with Gasteiger partial charge in [-0.2, -0.15) is 9.29 Å². The van der Waals surface area contributed by atoms with E-state index < -0.39 is 10.0 Å². The standard InChI is InChI=1S/C20H18BrN3O5S/c21-15-2-4-16(5-3-15)30(25,26)24-9-7-13(8-10-24)20-22-19(23-29-20)14-1-6-17-18(11-14)28-12-27-17/h1-6,11,13H,7-10,12H2. The summed E-state index contributed by atoms with van der Waals surface area (Å²) in [6.07, 6.45) is 1.25. The molecule has 2 aromatic carbocycles. The lowest BCUT2D eigenvalue weighted by atomic mass is 9.98. The molecule has 0 N–H and O–H groups in total. The predicted octanol–water partition coefficient (Wildman–Crippen LogP) is 3.80. The Bertz CT molecular complexity index is 1170. The van der Waals surface area contributed by atoms with Crippen molar-refractivity contribution in [2.24, 2.45) is 0 Å². The fourth-order valence-electron chi connectivity index (χ4n) is 3.65. The van der Waals surface area contributed by atoms with Gasteiger partial charge in [-0.15, -0.1) is 0 Å². The summed E-state index contributed by atoms with van der Waals surface area (Å²) in [5.74, 6) is 2.39. The second-order valence-electron chi connectivity index (χ2n) is 7.16. The maximum Gasteiger partial charge on any atom is 0.243 e. The zero-order chi connectivity index (χ0) is 20.7. The first-order valence-electron chi connectivity index (χ1n) is 9.50. The summed E-state index contributed by atoms with van der Waals surface area (Å²) in [6.45, 7) is 1.02. The van der Waals surface area contributed by atoms with Gasteiger partial charge in [0, 0.05) is 29.0 Å². The molecule has 0 aliphatic carbocycles. The van der Waals surface area contributed by atoms with Crippen molar-refractivity contribution in [2.45, 2.75) is 23.7 Å². The first kappa shape index (κ1) is 19.5. The lowest BCUT2D eigenvalue weighted by Crippen LogP contribution is -2.37. The van der Waals surface area contributed by atoms with E-state index in [-0.39, 0.29) is 12.7 Å². The molecular weight excluding hydrogens is 474 g/mol. The smallest absolute Gasteiger partial charge is 0.243 e. The van der Waals surface area contributed by atoms with Crippen LogP contribution >= 0.6 is 15.9 Å². The molecule has 0 atom stereocenters. The van der Waals surface area contributed by atoms with Crippen molar-refractivity contribution in [1.29, 1.82) is 0 Å². The number of benzene rings is 2. The molecule has 156 valence electrons. The number of ether oxygens (including phenoxy) is 2. The van der Waals surface area contributed by atoms with Crippen LogP contribution in [0.2, 0.25) is 0 Å². The van der Waals surface area contributed by atoms with Crippen molar-refractivity contribution < 1.29 is 22.4 Å². The van der Waals surface area contributed by atoms with Gasteiger partial charge in [0.1, 0.15) is 0 Å². The lowest BCUT2D eigenvalue weighted by Gasteiger charge is -2.29. The zero-order valence-electron chi connectivity index (χ0n) is 15.8. The SMILES string of the molecule is O=S(=O)(c1ccc(Br)cc1)N1CCC(c2nc(-c3ccc4c(c3)OCO4)no2)CC1. The summed E-state index contributed by atoms with van der Waals surface area (Å²) in [5, 5.41) is 4.09. The van der Waals surface area contributed by atoms with Crippen LogP contribution in [-0.2, 0) is 10.0 Å². The number of fused-ring (bicyclic) bond motifs is 1. The van der Waals surface area contributed by atoms with Crippen molar-refractivity contribution in [3.63, 3.8) is 0 Å². The summed E-state index contributed by atoms with van der Waals surface area (Å²) < 4.78 is 44.3. The summed E-state index contributed by atoms with van der Waals surface area (Å²) in [5.41, 5.74) is 0.782. The first-order chi connectivity index (χ1) is 14.5. The van der Waals surface area contributed by atoms with Crippen LogP contribution in [0, 0.1) is 0 Å². The van der Waals surface area contributed by atoms with Crippen molar-refractivity contribution in [2.75, 3.05) is 19.9 Å². The highest BCUT2D eigenvalue weighted by Gasteiger charge is 2.32. The minimum Gasteiger partial charge on any atom is -0.454 e. The fraction of sp³-hybridized carbons (Fsp3) is 0.300. The number of aromatic nitrogens is 2. The maximum atomic E-state index is 12.9. The Kier molecular flexibility index (Phi) is 5.00. The van der Waals surface area contributed by atoms with Crippen LogP contribution in [0.25, 0.3) is 11.4 Å². The predicted molar refractivity (Wildman–Crippen MR) is 111 cm³/mol. The number of hydrogen-bond acceptors (Lipinski definition) is 7. The van der Waals surface area contributed by atoms with Crippen molar-refractivity contribution in [3.8, 4) is 22.9 Å². The van der Waals surface area contributed by atoms with Crippen LogP contribution in [0.15, 0.2) is 56.4 Å². The second-order valence-corrected chi connectivity index (χ2v) is 10.0. The quantitative estimate of drug-likeness (QED) is 0.547. The van der Waals surface area contributed by atoms with E-state index in [2.05, 4.69) is 26.1 Å². The van der Waals surface area contributed by atoms with Gasteiger partial charge < -0.3 is 14.0 Å². The number of piperidine rings is 1. The molecule has 1 saturated heterocycles. The minimum absolute atomic E-state index is 0.0247. The Morgan fingerprint density at radius 2 is 1.73 bits per heavy atom. The third kappa shape index (κ3) is 3.59. The molecule has 3 aromatic rings. The number of hydrogen-bond donors (Lipinski definition) is 0. The number of sulfonamides is 1. The molecule has 1 fully saturated rings. The van der Waals surface area contributed by atoms with Crippen LogP contribution in [0.1, 0.15) is 24.7 Å². The Balaban J connectivity index is 1.28. The lowest BCUT2D eigenvalue weighted by molar-refractivity contribution is 0.174. The molecule has 1 aromatic heterocycles. The highest BCUT2D eigenvalue weighted by Crippen LogP contribution is 2.36. The topological polar surface area (TPSA) is 94.8 Å². The third-order valence-electron chi connectivity index (χ3n) is 5.33. The minimum atomic E-state index is -3.51. The van der Waals surface area contributed by atoms with E-state index in [0.29, 0.717) is 54.0 Å². The van der Waals surface area contributed by atoms with E-state index in [0.717, 1.165) is 10.0 Å². The van der Waals surface area contributed by atoms with E-state index in [9.17, 15) is 8.42 Å². The Morgan fingerprint density at radius 1 is 1.00 bits per heavy atom. The van der Waals surface area contributed by atoms with Crippen molar-refractivity contribution in [1.82, 2.24) is 14.4 Å². The van der Waals surface area contributed by atoms with Crippen molar-refractivity contribution >= 4 is 26.0 Å². The highest BCUT2D eigenvalue weighted by atomic mass is 79.9. The number of rotatable bonds is 4. The van der Waals surface area contributed by atoms with E-state index in [1.807, 2.05) is 18.2 Å². The average molecular weight is 492 g/mol. The molecule has 0 saturated carbocycles. The summed E-state index contributed by atoms with van der Waals surface area (Å²) in [7, 11) is -3.51. The fourth-order valence-corrected chi connectivity index (χ4v) is 5.39. The van der Waals surface area contributed by atoms with E-state index in [1.165, 1.54) is 4.31 Å². The Morgan fingerprint density at radius 3 is 2.50 bits per heavy atom. The summed E-state index contributed by atoms with van der Waals surface area (Å²) >= 11 is 3.33. The van der Waals surface area contributed by atoms with Crippen LogP contribution < -0.4 is 9.47 Å². The Labute approximate surface area is 182 Å². The van der Waals surface area contributed by atoms with Gasteiger partial charge in [0.15, 0.2) is 11.5 Å². The molecule has 3 heterocycles. The molecule has 10 heteroatoms. The maximum absolute atomic E-state index is 12.9. The first-order valence-corrected chi connectivity index (χ1v) is 11.7. The highest BCUT2D eigenvalue weighted by molar-refractivity contribution is 9.10. The van der Waals surface area contributed by atoms with Crippen LogP contribution in [0.3, 0.4) is 0 Å². The molecule has 0 unspecified atom stereocenters. The van der Waals surface area contributed by atoms with Gasteiger partial charge >= 0.3 is 0 Å². The molecule has 8 nitrogen and oxygen atoms in total. The van der Waals surface area contributed by atoms with Gasteiger partial charge in [-0.05, 0) is 55.3 Å². The summed E-state index contributed by atoms with van der Waals surface area (Å²) in [4.78, 5) is 4.84. The molecule has 30 heavy (non-hydrogen) atoms. The molecule has 0 spiro atoms. The molecule has 5 rings (SSSR count). The summed E-state index contributed by atoms with van der Waals surface area (Å²) in [6, 6.07) is 12.2. The molecular formula is C20H18BrN3O5S. The van der Waals surface area contributed by atoms with Crippen LogP contribution in [0.4, 0.5) is 0 Å². The van der Waals surface area contributed by atoms with Gasteiger partial charge in [0.2, 0.25) is 28.5 Å². The van der Waals surface area contributed by atoms with Crippen molar-refractivity contribution in [3.05, 3.63) is 52.8 Å². The van der Waals surface area contributed by atoms with Gasteiger partial charge in [-0.1, -0.05) is 21.1 Å². The molecule has 0 radical (unpaired) electrons. The largest absolute Gasteiger partial charge is 0.454 e. The van der Waals surface area contributed by atoms with Gasteiger partial charge in [-0.3, -0.25) is 0 Å². The van der Waals surface area contributed by atoms with Crippen LogP contribution in [0.5, 0.6) is 11.5 Å². The molecule has 2 aliphatic heterocycles. The average Bonchev–Trinajstić information content (AvgIpc) is 3.43. The third-order valence-corrected chi connectivity index (χ3v) is 7.77. The molecule has 0 amide bonds. The van der Waals surface area contributed by atoms with Gasteiger partial charge in [0.05, 0.1) is 4.90 Å². The van der Waals surface area contributed by atoms with Gasteiger partial charge in [0.25, 0.3) is 0 Å². The Hall–Kier alpha value is -2.43. The van der Waals surface area contributed by atoms with E-state index >= 15 is 0 Å². The van der Waals surface area contributed by atoms with E-state index in [1.54, 1.807) is 24.3 Å². The second kappa shape index (κ2) is 7.68. The monoisotopic (exact) mass is 491 g/mol. The van der Waals surface area contributed by atoms with Crippen LogP contribution in [-0.4, -0.2) is 42.7 Å². The molecule has 0 bridgehead atoms. The molecule has 2 aliphatic rings. The number of nitrogens with zero attached hydrogens (tertiary/aromatic N) is 3. The normalized spacial score (nSPS) is 17.4. The number of halogens is 1. The van der Waals surface area contributed by atoms with Gasteiger partial charge in [-0.25, -0.2) is 8.42 Å². The van der Waals surface area contributed by atoms with E-state index in [4.69, 9.17) is 14.0 Å². The zero-order valence-corrected chi connectivity index (χ0v) is 18.2.